The van der Waals surface area contributed by atoms with Gasteiger partial charge in [0.25, 0.3) is 0 Å². The van der Waals surface area contributed by atoms with Gasteiger partial charge in [-0.3, -0.25) is 0 Å². The highest BCUT2D eigenvalue weighted by molar-refractivity contribution is 7.89. The van der Waals surface area contributed by atoms with Crippen LogP contribution in [-0.2, 0) is 10.0 Å². The molecule has 18 heavy (non-hydrogen) atoms. The van der Waals surface area contributed by atoms with Gasteiger partial charge in [0.1, 0.15) is 0 Å². The summed E-state index contributed by atoms with van der Waals surface area (Å²) in [5.41, 5.74) is -0.615. The van der Waals surface area contributed by atoms with E-state index in [-0.39, 0.29) is 10.5 Å². The van der Waals surface area contributed by atoms with Crippen LogP contribution in [0.2, 0.25) is 0 Å². The molecule has 0 radical (unpaired) electrons. The molecule has 6 heteroatoms. The standard InChI is InChI=1S/C12H17NO4S/c1-12(2,3)13(4)18(16,17)10-7-5-6-9(8-10)11(14)15/h5-8H,1-4H3,(H,14,15). The molecular formula is C12H17NO4S. The minimum Gasteiger partial charge on any atom is -0.478 e. The van der Waals surface area contributed by atoms with E-state index in [2.05, 4.69) is 0 Å². The minimum absolute atomic E-state index is 0.0141. The Balaban J connectivity index is 3.30. The van der Waals surface area contributed by atoms with Gasteiger partial charge < -0.3 is 5.11 Å². The molecule has 0 aromatic heterocycles. The maximum atomic E-state index is 12.3. The molecule has 0 saturated heterocycles. The summed E-state index contributed by atoms with van der Waals surface area (Å²) in [6.45, 7) is 5.31. The third kappa shape index (κ3) is 2.88. The van der Waals surface area contributed by atoms with Crippen molar-refractivity contribution in [3.63, 3.8) is 0 Å². The quantitative estimate of drug-likeness (QED) is 0.909. The molecule has 0 atom stereocenters. The molecule has 0 aliphatic rings. The molecule has 100 valence electrons. The summed E-state index contributed by atoms with van der Waals surface area (Å²) >= 11 is 0. The highest BCUT2D eigenvalue weighted by Gasteiger charge is 2.30. The summed E-state index contributed by atoms with van der Waals surface area (Å²) in [5, 5.41) is 8.87. The van der Waals surface area contributed by atoms with Crippen LogP contribution in [0.15, 0.2) is 29.2 Å². The van der Waals surface area contributed by atoms with Crippen molar-refractivity contribution in [2.75, 3.05) is 7.05 Å². The van der Waals surface area contributed by atoms with Crippen molar-refractivity contribution in [2.45, 2.75) is 31.2 Å². The fraction of sp³-hybridized carbons (Fsp3) is 0.417. The number of sulfonamides is 1. The van der Waals surface area contributed by atoms with Crippen LogP contribution < -0.4 is 0 Å². The van der Waals surface area contributed by atoms with Crippen LogP contribution in [0.5, 0.6) is 0 Å². The van der Waals surface area contributed by atoms with Crippen molar-refractivity contribution in [3.8, 4) is 0 Å². The predicted molar refractivity (Wildman–Crippen MR) is 68.1 cm³/mol. The second-order valence-electron chi connectivity index (χ2n) is 4.98. The molecule has 1 aromatic carbocycles. The first-order valence-electron chi connectivity index (χ1n) is 5.39. The van der Waals surface area contributed by atoms with Gasteiger partial charge in [0.15, 0.2) is 0 Å². The predicted octanol–water partition coefficient (Wildman–Crippen LogP) is 1.80. The molecule has 0 spiro atoms. The molecule has 0 heterocycles. The normalized spacial score (nSPS) is 12.7. The zero-order valence-corrected chi connectivity index (χ0v) is 11.7. The lowest BCUT2D eigenvalue weighted by Crippen LogP contribution is -2.42. The molecule has 5 nitrogen and oxygen atoms in total. The van der Waals surface area contributed by atoms with Gasteiger partial charge in [-0.2, -0.15) is 4.31 Å². The summed E-state index contributed by atoms with van der Waals surface area (Å²) in [5.74, 6) is -1.15. The highest BCUT2D eigenvalue weighted by Crippen LogP contribution is 2.22. The van der Waals surface area contributed by atoms with E-state index in [4.69, 9.17) is 5.11 Å². The Morgan fingerprint density at radius 1 is 1.28 bits per heavy atom. The number of benzene rings is 1. The third-order valence-electron chi connectivity index (χ3n) is 2.68. The number of carboxylic acid groups (broad SMARTS) is 1. The van der Waals surface area contributed by atoms with Crippen molar-refractivity contribution in [3.05, 3.63) is 29.8 Å². The topological polar surface area (TPSA) is 74.7 Å². The van der Waals surface area contributed by atoms with Gasteiger partial charge >= 0.3 is 5.97 Å². The van der Waals surface area contributed by atoms with Gasteiger partial charge in [-0.15, -0.1) is 0 Å². The SMILES string of the molecule is CN(C(C)(C)C)S(=O)(=O)c1cccc(C(=O)O)c1. The number of hydrogen-bond acceptors (Lipinski definition) is 3. The van der Waals surface area contributed by atoms with E-state index in [0.29, 0.717) is 0 Å². The average Bonchev–Trinajstić information content (AvgIpc) is 2.27. The molecule has 1 rings (SSSR count). The van der Waals surface area contributed by atoms with E-state index in [0.717, 1.165) is 0 Å². The molecule has 0 aliphatic carbocycles. The van der Waals surface area contributed by atoms with Crippen LogP contribution in [0.1, 0.15) is 31.1 Å². The van der Waals surface area contributed by atoms with Gasteiger partial charge in [0.2, 0.25) is 10.0 Å². The largest absolute Gasteiger partial charge is 0.478 e. The summed E-state index contributed by atoms with van der Waals surface area (Å²) in [6, 6.07) is 5.34. The maximum Gasteiger partial charge on any atom is 0.335 e. The van der Waals surface area contributed by atoms with E-state index in [9.17, 15) is 13.2 Å². The first kappa shape index (κ1) is 14.7. The van der Waals surface area contributed by atoms with Crippen LogP contribution in [0.4, 0.5) is 0 Å². The van der Waals surface area contributed by atoms with Crippen molar-refractivity contribution in [1.82, 2.24) is 4.31 Å². The fourth-order valence-corrected chi connectivity index (χ4v) is 2.87. The summed E-state index contributed by atoms with van der Waals surface area (Å²) in [7, 11) is -2.21. The molecule has 1 N–H and O–H groups in total. The Labute approximate surface area is 107 Å². The number of carbonyl (C=O) groups is 1. The maximum absolute atomic E-state index is 12.3. The van der Waals surface area contributed by atoms with Crippen LogP contribution >= 0.6 is 0 Å². The Bertz CT molecular complexity index is 558. The first-order valence-corrected chi connectivity index (χ1v) is 6.83. The summed E-state index contributed by atoms with van der Waals surface area (Å²) in [4.78, 5) is 10.8. The number of nitrogens with zero attached hydrogens (tertiary/aromatic N) is 1. The molecule has 0 unspecified atom stereocenters. The number of rotatable bonds is 3. The van der Waals surface area contributed by atoms with Crippen molar-refractivity contribution in [2.24, 2.45) is 0 Å². The third-order valence-corrected chi connectivity index (χ3v) is 4.80. The molecule has 0 bridgehead atoms. The van der Waals surface area contributed by atoms with E-state index in [1.165, 1.54) is 35.6 Å². The van der Waals surface area contributed by atoms with E-state index >= 15 is 0 Å². The first-order chi connectivity index (χ1) is 8.06. The lowest BCUT2D eigenvalue weighted by molar-refractivity contribution is 0.0696. The van der Waals surface area contributed by atoms with Gasteiger partial charge in [0.05, 0.1) is 10.5 Å². The molecule has 0 saturated carbocycles. The number of hydrogen-bond donors (Lipinski definition) is 1. The van der Waals surface area contributed by atoms with Crippen LogP contribution in [0, 0.1) is 0 Å². The monoisotopic (exact) mass is 271 g/mol. The second kappa shape index (κ2) is 4.70. The van der Waals surface area contributed by atoms with Gasteiger partial charge in [-0.1, -0.05) is 6.07 Å². The van der Waals surface area contributed by atoms with Crippen LogP contribution in [-0.4, -0.2) is 36.4 Å². The Kier molecular flexibility index (Phi) is 3.83. The summed E-state index contributed by atoms with van der Waals surface area (Å²) < 4.78 is 25.8. The lowest BCUT2D eigenvalue weighted by atomic mass is 10.1. The lowest BCUT2D eigenvalue weighted by Gasteiger charge is -2.30. The molecule has 1 aromatic rings. The molecular weight excluding hydrogens is 254 g/mol. The molecule has 0 fully saturated rings. The van der Waals surface area contributed by atoms with Gasteiger partial charge in [-0.25, -0.2) is 13.2 Å². The minimum atomic E-state index is -3.68. The summed E-state index contributed by atoms with van der Waals surface area (Å²) in [6.07, 6.45) is 0. The van der Waals surface area contributed by atoms with E-state index < -0.39 is 21.5 Å². The Morgan fingerprint density at radius 2 is 1.83 bits per heavy atom. The molecule has 0 aliphatic heterocycles. The van der Waals surface area contributed by atoms with Crippen molar-refractivity contribution < 1.29 is 18.3 Å². The van der Waals surface area contributed by atoms with Crippen molar-refractivity contribution >= 4 is 16.0 Å². The number of aromatic carboxylic acids is 1. The zero-order chi connectivity index (χ0) is 14.1. The number of carboxylic acids is 1. The van der Waals surface area contributed by atoms with Gasteiger partial charge in [-0.05, 0) is 39.0 Å². The zero-order valence-electron chi connectivity index (χ0n) is 10.8. The van der Waals surface area contributed by atoms with Crippen LogP contribution in [0.3, 0.4) is 0 Å². The smallest absolute Gasteiger partial charge is 0.335 e. The van der Waals surface area contributed by atoms with E-state index in [1.807, 2.05) is 0 Å². The fourth-order valence-electron chi connectivity index (χ4n) is 1.31. The van der Waals surface area contributed by atoms with E-state index in [1.54, 1.807) is 20.8 Å². The Hall–Kier alpha value is -1.40. The second-order valence-corrected chi connectivity index (χ2v) is 6.95. The average molecular weight is 271 g/mol. The van der Waals surface area contributed by atoms with Crippen LogP contribution in [0.25, 0.3) is 0 Å². The Morgan fingerprint density at radius 3 is 2.28 bits per heavy atom. The molecule has 0 amide bonds. The highest BCUT2D eigenvalue weighted by atomic mass is 32.2. The van der Waals surface area contributed by atoms with Gasteiger partial charge in [0, 0.05) is 12.6 Å². The van der Waals surface area contributed by atoms with Crippen molar-refractivity contribution in [1.29, 1.82) is 0 Å².